The highest BCUT2D eigenvalue weighted by Crippen LogP contribution is 2.43. The van der Waals surface area contributed by atoms with E-state index in [4.69, 9.17) is 15.0 Å². The molecule has 0 radical (unpaired) electrons. The lowest BCUT2D eigenvalue weighted by Crippen LogP contribution is -1.96. The first kappa shape index (κ1) is 27.4. The van der Waals surface area contributed by atoms with Crippen molar-refractivity contribution in [1.29, 1.82) is 0 Å². The van der Waals surface area contributed by atoms with Gasteiger partial charge in [-0.15, -0.1) is 22.7 Å². The molecule has 10 rings (SSSR count). The Labute approximate surface area is 284 Å². The fraction of sp³-hybridized carbons (Fsp3) is 0. The van der Waals surface area contributed by atoms with Gasteiger partial charge in [0.25, 0.3) is 0 Å². The highest BCUT2D eigenvalue weighted by atomic mass is 32.1. The summed E-state index contributed by atoms with van der Waals surface area (Å²) in [6, 6.07) is 53.4. The van der Waals surface area contributed by atoms with Crippen LogP contribution in [-0.2, 0) is 0 Å². The molecule has 0 N–H and O–H groups in total. The number of hydrogen-bond acceptors (Lipinski definition) is 5. The number of pyridine rings is 1. The Morgan fingerprint density at radius 1 is 0.396 bits per heavy atom. The maximum Gasteiger partial charge on any atom is 0.160 e. The molecule has 5 heteroatoms. The van der Waals surface area contributed by atoms with Crippen molar-refractivity contribution >= 4 is 73.9 Å². The van der Waals surface area contributed by atoms with Crippen LogP contribution in [0.5, 0.6) is 0 Å². The summed E-state index contributed by atoms with van der Waals surface area (Å²) < 4.78 is 5.01. The zero-order valence-electron chi connectivity index (χ0n) is 25.6. The lowest BCUT2D eigenvalue weighted by Gasteiger charge is -2.11. The summed E-state index contributed by atoms with van der Waals surface area (Å²) in [5, 5.41) is 6.29. The number of rotatable bonds is 4. The second-order valence-electron chi connectivity index (χ2n) is 12.0. The van der Waals surface area contributed by atoms with Crippen LogP contribution >= 0.6 is 22.7 Å². The van der Waals surface area contributed by atoms with Gasteiger partial charge in [-0.1, -0.05) is 127 Å². The van der Waals surface area contributed by atoms with E-state index in [-0.39, 0.29) is 0 Å². The van der Waals surface area contributed by atoms with E-state index in [0.29, 0.717) is 5.82 Å². The summed E-state index contributed by atoms with van der Waals surface area (Å²) in [5.41, 5.74) is 8.07. The third-order valence-electron chi connectivity index (χ3n) is 9.11. The van der Waals surface area contributed by atoms with Gasteiger partial charge in [-0.25, -0.2) is 15.0 Å². The largest absolute Gasteiger partial charge is 0.246 e. The van der Waals surface area contributed by atoms with Gasteiger partial charge >= 0.3 is 0 Å². The summed E-state index contributed by atoms with van der Waals surface area (Å²) in [7, 11) is 0. The van der Waals surface area contributed by atoms with Crippen LogP contribution < -0.4 is 0 Å². The molecule has 0 saturated carbocycles. The minimum absolute atomic E-state index is 0.703. The van der Waals surface area contributed by atoms with Crippen molar-refractivity contribution in [2.45, 2.75) is 0 Å². The van der Waals surface area contributed by atoms with Crippen molar-refractivity contribution in [2.24, 2.45) is 0 Å². The molecular weight excluding hydrogens is 623 g/mol. The van der Waals surface area contributed by atoms with E-state index >= 15 is 0 Å². The zero-order chi connectivity index (χ0) is 31.6. The Morgan fingerprint density at radius 2 is 1.02 bits per heavy atom. The smallest absolute Gasteiger partial charge is 0.160 e. The molecule has 0 bridgehead atoms. The number of aromatic nitrogens is 3. The van der Waals surface area contributed by atoms with Crippen molar-refractivity contribution in [3.05, 3.63) is 152 Å². The van der Waals surface area contributed by atoms with E-state index in [1.165, 1.54) is 45.7 Å². The van der Waals surface area contributed by atoms with Crippen molar-refractivity contribution < 1.29 is 0 Å². The SMILES string of the molecule is c1ccc(-c2cc(-c3cccc4c3sc3ccccc34)nc(-c3ccc(-c4nc5ccccc5c5c4sc4ccccc45)cc3)n2)cc1. The molecule has 0 amide bonds. The van der Waals surface area contributed by atoms with Crippen LogP contribution in [0.4, 0.5) is 0 Å². The fourth-order valence-electron chi connectivity index (χ4n) is 6.83. The van der Waals surface area contributed by atoms with E-state index in [1.54, 1.807) is 0 Å². The van der Waals surface area contributed by atoms with Gasteiger partial charge in [0.15, 0.2) is 5.82 Å². The molecule has 4 heterocycles. The zero-order valence-corrected chi connectivity index (χ0v) is 27.2. The molecule has 6 aromatic carbocycles. The molecule has 3 nitrogen and oxygen atoms in total. The van der Waals surface area contributed by atoms with Crippen LogP contribution in [0.1, 0.15) is 0 Å². The van der Waals surface area contributed by atoms with Crippen LogP contribution in [0, 0.1) is 0 Å². The number of para-hydroxylation sites is 1. The van der Waals surface area contributed by atoms with E-state index in [2.05, 4.69) is 146 Å². The summed E-state index contributed by atoms with van der Waals surface area (Å²) >= 11 is 3.64. The van der Waals surface area contributed by atoms with Crippen LogP contribution in [0.15, 0.2) is 152 Å². The number of nitrogens with zero attached hydrogens (tertiary/aromatic N) is 3. The molecule has 0 unspecified atom stereocenters. The van der Waals surface area contributed by atoms with Gasteiger partial charge in [0.1, 0.15) is 0 Å². The molecule has 10 aromatic rings. The Kier molecular flexibility index (Phi) is 6.22. The molecule has 0 spiro atoms. The monoisotopic (exact) mass is 647 g/mol. The van der Waals surface area contributed by atoms with Crippen LogP contribution in [0.3, 0.4) is 0 Å². The average molecular weight is 648 g/mol. The van der Waals surface area contributed by atoms with Crippen molar-refractivity contribution in [1.82, 2.24) is 15.0 Å². The number of benzene rings is 6. The number of hydrogen-bond donors (Lipinski definition) is 0. The van der Waals surface area contributed by atoms with Crippen molar-refractivity contribution in [3.63, 3.8) is 0 Å². The first-order chi connectivity index (χ1) is 23.8. The highest BCUT2D eigenvalue weighted by molar-refractivity contribution is 7.26. The standard InChI is InChI=1S/C43H25N3S2/c1-2-11-26(12-3-1)35-25-36(32-17-10-16-30-29-13-5-8-19-37(29)47-41(30)32)46-43(45-35)28-23-21-27(22-24-28)40-42-39(31-14-4-7-18-34(31)44-40)33-15-6-9-20-38(33)48-42/h1-25H. The minimum Gasteiger partial charge on any atom is -0.246 e. The van der Waals surface area contributed by atoms with Crippen LogP contribution in [0.2, 0.25) is 0 Å². The highest BCUT2D eigenvalue weighted by Gasteiger charge is 2.18. The maximum absolute atomic E-state index is 5.22. The van der Waals surface area contributed by atoms with Crippen LogP contribution in [0.25, 0.3) is 96.4 Å². The molecule has 0 fully saturated rings. The molecular formula is C43H25N3S2. The fourth-order valence-corrected chi connectivity index (χ4v) is 9.28. The van der Waals surface area contributed by atoms with Crippen LogP contribution in [-0.4, -0.2) is 15.0 Å². The van der Waals surface area contributed by atoms with E-state index in [1.807, 2.05) is 28.7 Å². The Balaban J connectivity index is 1.14. The average Bonchev–Trinajstić information content (AvgIpc) is 3.74. The van der Waals surface area contributed by atoms with E-state index < -0.39 is 0 Å². The van der Waals surface area contributed by atoms with Crippen molar-refractivity contribution in [3.8, 4) is 45.2 Å². The summed E-state index contributed by atoms with van der Waals surface area (Å²) in [6.45, 7) is 0. The maximum atomic E-state index is 5.22. The second-order valence-corrected chi connectivity index (χ2v) is 14.1. The first-order valence-corrected chi connectivity index (χ1v) is 17.6. The Bertz CT molecular complexity index is 2830. The lowest BCUT2D eigenvalue weighted by molar-refractivity contribution is 1.19. The predicted molar refractivity (Wildman–Crippen MR) is 205 cm³/mol. The molecule has 224 valence electrons. The molecule has 0 saturated heterocycles. The number of thiophene rings is 2. The summed E-state index contributed by atoms with van der Waals surface area (Å²) in [5.74, 6) is 0.703. The second kappa shape index (κ2) is 10.9. The molecule has 0 aliphatic heterocycles. The first-order valence-electron chi connectivity index (χ1n) is 15.9. The Hall–Kier alpha value is -5.75. The van der Waals surface area contributed by atoms with Crippen molar-refractivity contribution in [2.75, 3.05) is 0 Å². The van der Waals surface area contributed by atoms with E-state index in [9.17, 15) is 0 Å². The molecule has 0 atom stereocenters. The van der Waals surface area contributed by atoms with Gasteiger partial charge in [-0.05, 0) is 24.3 Å². The van der Waals surface area contributed by atoms with Gasteiger partial charge in [0.05, 0.1) is 27.3 Å². The van der Waals surface area contributed by atoms with Gasteiger partial charge in [0.2, 0.25) is 0 Å². The molecule has 48 heavy (non-hydrogen) atoms. The number of fused-ring (bicyclic) bond motifs is 8. The minimum atomic E-state index is 0.703. The van der Waals surface area contributed by atoms with E-state index in [0.717, 1.165) is 44.9 Å². The van der Waals surface area contributed by atoms with Gasteiger partial charge in [-0.3, -0.25) is 0 Å². The molecule has 0 aliphatic carbocycles. The van der Waals surface area contributed by atoms with Gasteiger partial charge < -0.3 is 0 Å². The summed E-state index contributed by atoms with van der Waals surface area (Å²) in [6.07, 6.45) is 0. The lowest BCUT2D eigenvalue weighted by atomic mass is 10.0. The molecule has 4 aromatic heterocycles. The summed E-state index contributed by atoms with van der Waals surface area (Å²) in [4.78, 5) is 15.6. The predicted octanol–water partition coefficient (Wildman–Crippen LogP) is 12.4. The normalized spacial score (nSPS) is 11.8. The molecule has 0 aliphatic rings. The Morgan fingerprint density at radius 3 is 1.85 bits per heavy atom. The third kappa shape index (κ3) is 4.36. The van der Waals surface area contributed by atoms with Gasteiger partial charge in [0, 0.05) is 63.3 Å². The third-order valence-corrected chi connectivity index (χ3v) is 11.5. The quantitative estimate of drug-likeness (QED) is 0.191. The topological polar surface area (TPSA) is 38.7 Å². The van der Waals surface area contributed by atoms with Gasteiger partial charge in [-0.2, -0.15) is 0 Å².